The highest BCUT2D eigenvalue weighted by Gasteiger charge is 2.33. The molecule has 1 aliphatic heterocycles. The number of aromatic nitrogens is 2. The van der Waals surface area contributed by atoms with Crippen molar-refractivity contribution in [2.75, 3.05) is 23.9 Å². The smallest absolute Gasteiger partial charge is 0.274 e. The first-order valence-electron chi connectivity index (χ1n) is 8.10. The third-order valence-corrected chi connectivity index (χ3v) is 6.65. The number of anilines is 2. The Kier molecular flexibility index (Phi) is 5.15. The van der Waals surface area contributed by atoms with Crippen molar-refractivity contribution in [3.63, 3.8) is 0 Å². The predicted molar refractivity (Wildman–Crippen MR) is 101 cm³/mol. The summed E-state index contributed by atoms with van der Waals surface area (Å²) in [6.45, 7) is 1.89. The molecule has 2 heterocycles. The zero-order valence-corrected chi connectivity index (χ0v) is 16.0. The van der Waals surface area contributed by atoms with Crippen LogP contribution in [0.25, 0.3) is 0 Å². The van der Waals surface area contributed by atoms with Crippen molar-refractivity contribution < 1.29 is 13.2 Å². The van der Waals surface area contributed by atoms with Crippen LogP contribution in [0.15, 0.2) is 30.3 Å². The van der Waals surface area contributed by atoms with Crippen molar-refractivity contribution in [2.24, 2.45) is 0 Å². The van der Waals surface area contributed by atoms with Gasteiger partial charge in [-0.25, -0.2) is 8.42 Å². The van der Waals surface area contributed by atoms with E-state index in [4.69, 9.17) is 11.6 Å². The summed E-state index contributed by atoms with van der Waals surface area (Å²) in [6, 6.07) is 8.40. The Labute approximate surface area is 157 Å². The molecular formula is C17H19ClN4O3S. The Morgan fingerprint density at radius 2 is 2.04 bits per heavy atom. The molecule has 0 aliphatic carbocycles. The minimum Gasteiger partial charge on any atom is -0.338 e. The lowest BCUT2D eigenvalue weighted by molar-refractivity contribution is 0.0740. The van der Waals surface area contributed by atoms with E-state index < -0.39 is 9.84 Å². The van der Waals surface area contributed by atoms with E-state index in [2.05, 4.69) is 15.5 Å². The molecule has 0 spiro atoms. The highest BCUT2D eigenvalue weighted by molar-refractivity contribution is 7.91. The minimum atomic E-state index is -3.06. The summed E-state index contributed by atoms with van der Waals surface area (Å²) in [5, 5.41) is 11.8. The van der Waals surface area contributed by atoms with Crippen molar-refractivity contribution in [3.05, 3.63) is 46.6 Å². The van der Waals surface area contributed by atoms with Gasteiger partial charge in [-0.1, -0.05) is 17.7 Å². The fourth-order valence-electron chi connectivity index (χ4n) is 2.82. The van der Waals surface area contributed by atoms with Gasteiger partial charge in [0.15, 0.2) is 21.3 Å². The Hall–Kier alpha value is -2.19. The molecule has 1 saturated heterocycles. The van der Waals surface area contributed by atoms with Gasteiger partial charge in [-0.2, -0.15) is 0 Å². The molecule has 0 radical (unpaired) electrons. The zero-order chi connectivity index (χ0) is 18.9. The number of sulfone groups is 1. The number of hydrogen-bond acceptors (Lipinski definition) is 6. The Bertz CT molecular complexity index is 932. The SMILES string of the molecule is Cc1c(Cl)cccc1Nc1ccc(C(=O)N(C)C2CCS(=O)(=O)C2)nn1. The van der Waals surface area contributed by atoms with Crippen LogP contribution in [-0.4, -0.2) is 54.0 Å². The predicted octanol–water partition coefficient (Wildman–Crippen LogP) is 2.44. The van der Waals surface area contributed by atoms with Gasteiger partial charge in [0.05, 0.1) is 11.5 Å². The molecule has 9 heteroatoms. The number of nitrogens with zero attached hydrogens (tertiary/aromatic N) is 3. The van der Waals surface area contributed by atoms with E-state index in [0.29, 0.717) is 17.3 Å². The number of nitrogens with one attached hydrogen (secondary N) is 1. The van der Waals surface area contributed by atoms with E-state index in [1.54, 1.807) is 25.2 Å². The van der Waals surface area contributed by atoms with Gasteiger partial charge in [0, 0.05) is 23.8 Å². The molecule has 1 fully saturated rings. The van der Waals surface area contributed by atoms with E-state index >= 15 is 0 Å². The molecule has 1 N–H and O–H groups in total. The second-order valence-electron chi connectivity index (χ2n) is 6.31. The monoisotopic (exact) mass is 394 g/mol. The maximum Gasteiger partial charge on any atom is 0.274 e. The fourth-order valence-corrected chi connectivity index (χ4v) is 4.77. The molecule has 1 aliphatic rings. The number of rotatable bonds is 4. The van der Waals surface area contributed by atoms with Gasteiger partial charge in [0.2, 0.25) is 0 Å². The summed E-state index contributed by atoms with van der Waals surface area (Å²) in [7, 11) is -1.46. The van der Waals surface area contributed by atoms with Crippen molar-refractivity contribution in [1.82, 2.24) is 15.1 Å². The minimum absolute atomic E-state index is 0.00362. The number of carbonyl (C=O) groups excluding carboxylic acids is 1. The number of halogens is 1. The van der Waals surface area contributed by atoms with Gasteiger partial charge < -0.3 is 10.2 Å². The van der Waals surface area contributed by atoms with Gasteiger partial charge in [-0.3, -0.25) is 4.79 Å². The fraction of sp³-hybridized carbons (Fsp3) is 0.353. The van der Waals surface area contributed by atoms with Crippen LogP contribution >= 0.6 is 11.6 Å². The number of amides is 1. The molecule has 138 valence electrons. The van der Waals surface area contributed by atoms with E-state index in [9.17, 15) is 13.2 Å². The maximum atomic E-state index is 12.5. The molecule has 1 aromatic heterocycles. The van der Waals surface area contributed by atoms with E-state index in [-0.39, 0.29) is 29.1 Å². The first kappa shape index (κ1) is 18.6. The van der Waals surface area contributed by atoms with Crippen LogP contribution in [0.5, 0.6) is 0 Å². The molecule has 7 nitrogen and oxygen atoms in total. The highest BCUT2D eigenvalue weighted by Crippen LogP contribution is 2.25. The van der Waals surface area contributed by atoms with Crippen LogP contribution in [0.3, 0.4) is 0 Å². The van der Waals surface area contributed by atoms with Crippen LogP contribution in [0.4, 0.5) is 11.5 Å². The molecule has 26 heavy (non-hydrogen) atoms. The third kappa shape index (κ3) is 3.96. The molecule has 0 bridgehead atoms. The lowest BCUT2D eigenvalue weighted by Crippen LogP contribution is -2.38. The van der Waals surface area contributed by atoms with E-state index in [1.807, 2.05) is 19.1 Å². The average molecular weight is 395 g/mol. The molecule has 1 unspecified atom stereocenters. The van der Waals surface area contributed by atoms with Crippen LogP contribution in [0.2, 0.25) is 5.02 Å². The lowest BCUT2D eigenvalue weighted by atomic mass is 10.2. The summed E-state index contributed by atoms with van der Waals surface area (Å²) in [6.07, 6.45) is 0.450. The Balaban J connectivity index is 1.71. The summed E-state index contributed by atoms with van der Waals surface area (Å²) in [5.74, 6) is 0.252. The van der Waals surface area contributed by atoms with Crippen LogP contribution in [0.1, 0.15) is 22.5 Å². The topological polar surface area (TPSA) is 92.3 Å². The zero-order valence-electron chi connectivity index (χ0n) is 14.4. The van der Waals surface area contributed by atoms with Gasteiger partial charge in [-0.05, 0) is 43.2 Å². The quantitative estimate of drug-likeness (QED) is 0.856. The molecule has 3 rings (SSSR count). The standard InChI is InChI=1S/C17H19ClN4O3S/c1-11-13(18)4-3-5-14(11)19-16-7-6-15(20-21-16)17(23)22(2)12-8-9-26(24,25)10-12/h3-7,12H,8-10H2,1-2H3,(H,19,21). The molecule has 1 atom stereocenters. The second-order valence-corrected chi connectivity index (χ2v) is 8.95. The summed E-state index contributed by atoms with van der Waals surface area (Å²) < 4.78 is 23.2. The van der Waals surface area contributed by atoms with E-state index in [1.165, 1.54) is 4.90 Å². The molecular weight excluding hydrogens is 376 g/mol. The van der Waals surface area contributed by atoms with E-state index in [0.717, 1.165) is 11.3 Å². The molecule has 2 aromatic rings. The van der Waals surface area contributed by atoms with Crippen LogP contribution in [0, 0.1) is 6.92 Å². The van der Waals surface area contributed by atoms with Crippen LogP contribution < -0.4 is 5.32 Å². The van der Waals surface area contributed by atoms with Crippen LogP contribution in [-0.2, 0) is 9.84 Å². The van der Waals surface area contributed by atoms with Crippen molar-refractivity contribution in [3.8, 4) is 0 Å². The summed E-state index contributed by atoms with van der Waals surface area (Å²) >= 11 is 6.09. The first-order valence-corrected chi connectivity index (χ1v) is 10.3. The average Bonchev–Trinajstić information content (AvgIpc) is 2.98. The Morgan fingerprint density at radius 1 is 1.27 bits per heavy atom. The molecule has 1 amide bonds. The molecule has 0 saturated carbocycles. The Morgan fingerprint density at radius 3 is 2.65 bits per heavy atom. The van der Waals surface area contributed by atoms with Gasteiger partial charge in [-0.15, -0.1) is 10.2 Å². The molecule has 1 aromatic carbocycles. The number of carbonyl (C=O) groups is 1. The van der Waals surface area contributed by atoms with Crippen molar-refractivity contribution in [1.29, 1.82) is 0 Å². The first-order chi connectivity index (χ1) is 12.3. The third-order valence-electron chi connectivity index (χ3n) is 4.49. The summed E-state index contributed by atoms with van der Waals surface area (Å²) in [5.41, 5.74) is 1.86. The van der Waals surface area contributed by atoms with Crippen molar-refractivity contribution >= 4 is 38.9 Å². The maximum absolute atomic E-state index is 12.5. The van der Waals surface area contributed by atoms with Gasteiger partial charge in [0.25, 0.3) is 5.91 Å². The van der Waals surface area contributed by atoms with Crippen molar-refractivity contribution in [2.45, 2.75) is 19.4 Å². The number of benzene rings is 1. The highest BCUT2D eigenvalue weighted by atomic mass is 35.5. The lowest BCUT2D eigenvalue weighted by Gasteiger charge is -2.22. The largest absolute Gasteiger partial charge is 0.338 e. The summed E-state index contributed by atoms with van der Waals surface area (Å²) in [4.78, 5) is 13.9. The van der Waals surface area contributed by atoms with Gasteiger partial charge in [0.1, 0.15) is 0 Å². The number of hydrogen-bond donors (Lipinski definition) is 1. The second kappa shape index (κ2) is 7.20. The van der Waals surface area contributed by atoms with Gasteiger partial charge >= 0.3 is 0 Å². The normalized spacial score (nSPS) is 18.5.